The third-order valence-electron chi connectivity index (χ3n) is 3.04. The van der Waals surface area contributed by atoms with Crippen LogP contribution in [0.1, 0.15) is 15.9 Å². The first-order valence-corrected chi connectivity index (χ1v) is 7.59. The summed E-state index contributed by atoms with van der Waals surface area (Å²) in [6, 6.07) is 10.5. The monoisotopic (exact) mass is 413 g/mol. The van der Waals surface area contributed by atoms with E-state index in [4.69, 9.17) is 5.21 Å². The summed E-state index contributed by atoms with van der Waals surface area (Å²) in [6.45, 7) is 0. The molecule has 130 valence electrons. The van der Waals surface area contributed by atoms with E-state index in [1.165, 1.54) is 12.1 Å². The van der Waals surface area contributed by atoms with Crippen molar-refractivity contribution in [3.8, 4) is 0 Å². The minimum absolute atomic E-state index is 0.218. The van der Waals surface area contributed by atoms with Crippen molar-refractivity contribution in [1.29, 1.82) is 0 Å². The number of alkyl halides is 3. The van der Waals surface area contributed by atoms with E-state index in [2.05, 4.69) is 31.6 Å². The number of rotatable bonds is 5. The van der Waals surface area contributed by atoms with Crippen LogP contribution in [0.4, 0.5) is 18.9 Å². The summed E-state index contributed by atoms with van der Waals surface area (Å²) in [4.78, 5) is 12.3. The van der Waals surface area contributed by atoms with Crippen molar-refractivity contribution in [2.75, 3.05) is 5.43 Å². The second kappa shape index (κ2) is 7.93. The maximum atomic E-state index is 12.5. The number of Topliss-reactive ketones (excluding diaryl/α,β-unsaturated/α-hetero) is 1. The number of hydrazone groups is 1. The van der Waals surface area contributed by atoms with Gasteiger partial charge in [0, 0.05) is 10.0 Å². The predicted octanol–water partition coefficient (Wildman–Crippen LogP) is 4.58. The van der Waals surface area contributed by atoms with Crippen LogP contribution in [0.2, 0.25) is 0 Å². The van der Waals surface area contributed by atoms with E-state index in [0.29, 0.717) is 5.56 Å². The van der Waals surface area contributed by atoms with Crippen LogP contribution in [0.3, 0.4) is 0 Å². The standard InChI is InChI=1S/C16H11BrF3N3O2/c17-12-5-1-10(2-6-12)15(24)14(9-21-25)23-22-13-7-3-11(4-8-13)16(18,19)20/h1-9,22,25H/b21-9+,23-14+. The Morgan fingerprint density at radius 1 is 1.08 bits per heavy atom. The quantitative estimate of drug-likeness (QED) is 0.326. The fraction of sp³-hybridized carbons (Fsp3) is 0.0625. The molecule has 0 radical (unpaired) electrons. The Balaban J connectivity index is 2.19. The molecule has 2 aromatic rings. The van der Waals surface area contributed by atoms with Gasteiger partial charge in [-0.15, -0.1) is 0 Å². The molecule has 0 fully saturated rings. The molecule has 0 aliphatic carbocycles. The summed E-state index contributed by atoms with van der Waals surface area (Å²) in [5, 5.41) is 15.2. The van der Waals surface area contributed by atoms with Gasteiger partial charge in [-0.3, -0.25) is 10.2 Å². The minimum atomic E-state index is -4.44. The van der Waals surface area contributed by atoms with E-state index in [0.717, 1.165) is 22.8 Å². The number of halogens is 4. The molecule has 0 saturated carbocycles. The van der Waals surface area contributed by atoms with E-state index in [9.17, 15) is 18.0 Å². The maximum absolute atomic E-state index is 12.5. The minimum Gasteiger partial charge on any atom is -0.411 e. The SMILES string of the molecule is O=C(C(/C=N/O)=N/Nc1ccc(C(F)(F)F)cc1)c1ccc(Br)cc1. The van der Waals surface area contributed by atoms with Crippen LogP contribution in [-0.2, 0) is 6.18 Å². The van der Waals surface area contributed by atoms with Crippen LogP contribution < -0.4 is 5.43 Å². The number of hydrogen-bond donors (Lipinski definition) is 2. The lowest BCUT2D eigenvalue weighted by molar-refractivity contribution is -0.137. The largest absolute Gasteiger partial charge is 0.416 e. The van der Waals surface area contributed by atoms with Gasteiger partial charge in [-0.1, -0.05) is 21.1 Å². The smallest absolute Gasteiger partial charge is 0.411 e. The molecule has 2 aromatic carbocycles. The van der Waals surface area contributed by atoms with Crippen molar-refractivity contribution in [1.82, 2.24) is 0 Å². The van der Waals surface area contributed by atoms with Crippen molar-refractivity contribution < 1.29 is 23.2 Å². The molecule has 0 spiro atoms. The number of ketones is 1. The van der Waals surface area contributed by atoms with E-state index in [-0.39, 0.29) is 11.4 Å². The van der Waals surface area contributed by atoms with Gasteiger partial charge in [0.15, 0.2) is 5.71 Å². The van der Waals surface area contributed by atoms with Crippen LogP contribution >= 0.6 is 15.9 Å². The van der Waals surface area contributed by atoms with Crippen molar-refractivity contribution in [2.45, 2.75) is 6.18 Å². The Hall–Kier alpha value is -2.68. The second-order valence-electron chi connectivity index (χ2n) is 4.76. The topological polar surface area (TPSA) is 74.0 Å². The molecule has 0 amide bonds. The van der Waals surface area contributed by atoms with Crippen LogP contribution in [0, 0.1) is 0 Å². The number of carbonyl (C=O) groups is 1. The number of nitrogens with one attached hydrogen (secondary N) is 1. The number of hydrogen-bond acceptors (Lipinski definition) is 5. The summed E-state index contributed by atoms with van der Waals surface area (Å²) >= 11 is 3.24. The molecule has 9 heteroatoms. The third kappa shape index (κ3) is 5.15. The van der Waals surface area contributed by atoms with E-state index in [1.807, 2.05) is 0 Å². The van der Waals surface area contributed by atoms with Crippen LogP contribution in [-0.4, -0.2) is 22.9 Å². The van der Waals surface area contributed by atoms with Gasteiger partial charge < -0.3 is 5.21 Å². The van der Waals surface area contributed by atoms with Gasteiger partial charge in [0.2, 0.25) is 5.78 Å². The Labute approximate surface area is 149 Å². The van der Waals surface area contributed by atoms with Crippen molar-refractivity contribution in [3.05, 3.63) is 64.1 Å². The zero-order valence-electron chi connectivity index (χ0n) is 12.5. The Morgan fingerprint density at radius 2 is 1.68 bits per heavy atom. The highest BCUT2D eigenvalue weighted by Crippen LogP contribution is 2.29. The zero-order chi connectivity index (χ0) is 18.4. The number of oxime groups is 1. The first-order valence-electron chi connectivity index (χ1n) is 6.80. The van der Waals surface area contributed by atoms with Crippen molar-refractivity contribution in [2.24, 2.45) is 10.3 Å². The molecule has 5 nitrogen and oxygen atoms in total. The lowest BCUT2D eigenvalue weighted by atomic mass is 10.1. The summed E-state index contributed by atoms with van der Waals surface area (Å²) in [5.41, 5.74) is 1.98. The van der Waals surface area contributed by atoms with Crippen molar-refractivity contribution >= 4 is 39.3 Å². The molecular weight excluding hydrogens is 403 g/mol. The number of nitrogens with zero attached hydrogens (tertiary/aromatic N) is 2. The highest BCUT2D eigenvalue weighted by atomic mass is 79.9. The molecule has 0 aliphatic heterocycles. The fourth-order valence-corrected chi connectivity index (χ4v) is 2.06. The lowest BCUT2D eigenvalue weighted by Gasteiger charge is -2.07. The van der Waals surface area contributed by atoms with Gasteiger partial charge in [-0.25, -0.2) is 0 Å². The summed E-state index contributed by atoms with van der Waals surface area (Å²) in [7, 11) is 0. The Morgan fingerprint density at radius 3 is 2.20 bits per heavy atom. The zero-order valence-corrected chi connectivity index (χ0v) is 14.0. The van der Waals surface area contributed by atoms with Gasteiger partial charge >= 0.3 is 6.18 Å². The first-order chi connectivity index (χ1) is 11.8. The lowest BCUT2D eigenvalue weighted by Crippen LogP contribution is -2.17. The molecule has 0 aromatic heterocycles. The Bertz CT molecular complexity index is 801. The van der Waals surface area contributed by atoms with Gasteiger partial charge in [-0.2, -0.15) is 18.3 Å². The molecule has 0 bridgehead atoms. The second-order valence-corrected chi connectivity index (χ2v) is 5.68. The van der Waals surface area contributed by atoms with Crippen molar-refractivity contribution in [3.63, 3.8) is 0 Å². The molecule has 25 heavy (non-hydrogen) atoms. The highest BCUT2D eigenvalue weighted by molar-refractivity contribution is 9.10. The van der Waals surface area contributed by atoms with E-state index >= 15 is 0 Å². The summed E-state index contributed by atoms with van der Waals surface area (Å²) in [5.74, 6) is -0.523. The average Bonchev–Trinajstić information content (AvgIpc) is 2.58. The Kier molecular flexibility index (Phi) is 5.92. The molecule has 0 heterocycles. The molecule has 0 aliphatic rings. The van der Waals surface area contributed by atoms with Crippen LogP contribution in [0.25, 0.3) is 0 Å². The number of anilines is 1. The normalized spacial score (nSPS) is 12.4. The fourth-order valence-electron chi connectivity index (χ4n) is 1.80. The number of benzene rings is 2. The van der Waals surface area contributed by atoms with E-state index < -0.39 is 17.5 Å². The molecular formula is C16H11BrF3N3O2. The highest BCUT2D eigenvalue weighted by Gasteiger charge is 2.29. The predicted molar refractivity (Wildman–Crippen MR) is 91.3 cm³/mol. The average molecular weight is 414 g/mol. The number of carbonyl (C=O) groups excluding carboxylic acids is 1. The van der Waals surface area contributed by atoms with Gasteiger partial charge in [0.1, 0.15) is 0 Å². The summed E-state index contributed by atoms with van der Waals surface area (Å²) < 4.78 is 38.3. The van der Waals surface area contributed by atoms with Gasteiger partial charge in [-0.05, 0) is 48.5 Å². The maximum Gasteiger partial charge on any atom is 0.416 e. The third-order valence-corrected chi connectivity index (χ3v) is 3.57. The van der Waals surface area contributed by atoms with E-state index in [1.54, 1.807) is 24.3 Å². The molecule has 0 saturated heterocycles. The molecule has 0 atom stereocenters. The summed E-state index contributed by atoms with van der Waals surface area (Å²) in [6.07, 6.45) is -3.60. The molecule has 0 unspecified atom stereocenters. The van der Waals surface area contributed by atoms with Gasteiger partial charge in [0.25, 0.3) is 0 Å². The molecule has 2 N–H and O–H groups in total. The van der Waals surface area contributed by atoms with Crippen LogP contribution in [0.15, 0.2) is 63.3 Å². The first kappa shape index (κ1) is 18.7. The van der Waals surface area contributed by atoms with Gasteiger partial charge in [0.05, 0.1) is 17.5 Å². The van der Waals surface area contributed by atoms with Crippen LogP contribution in [0.5, 0.6) is 0 Å². The molecule has 2 rings (SSSR count).